The Labute approximate surface area is 206 Å². The van der Waals surface area contributed by atoms with Crippen molar-refractivity contribution in [2.45, 2.75) is 50.5 Å². The number of carbonyl (C=O) groups excluding carboxylic acids is 1. The van der Waals surface area contributed by atoms with Crippen molar-refractivity contribution in [2.75, 3.05) is 5.32 Å². The van der Waals surface area contributed by atoms with Gasteiger partial charge in [-0.25, -0.2) is 9.97 Å². The average Bonchev–Trinajstić information content (AvgIpc) is 3.38. The molecule has 1 fully saturated rings. The van der Waals surface area contributed by atoms with Crippen LogP contribution in [0.3, 0.4) is 0 Å². The quantitative estimate of drug-likeness (QED) is 0.331. The summed E-state index contributed by atoms with van der Waals surface area (Å²) in [6.45, 7) is 1.30. The number of anilines is 1. The zero-order valence-electron chi connectivity index (χ0n) is 19.1. The SMILES string of the molecule is C[C@@H]1C[C@@H](Nc2ncncc2C(=O)c2ccn(Cc3cc(C(F)(F)F)cc(C(F)(F)F)c3)n2)[C@H](O)[C@@H]1O. The number of halogens is 6. The lowest BCUT2D eigenvalue weighted by atomic mass is 10.0. The van der Waals surface area contributed by atoms with Crippen molar-refractivity contribution in [3.05, 3.63) is 70.9 Å². The molecule has 3 N–H and O–H groups in total. The van der Waals surface area contributed by atoms with Crippen LogP contribution in [0.2, 0.25) is 0 Å². The molecule has 1 aliphatic carbocycles. The number of rotatable bonds is 6. The number of ketones is 1. The Hall–Kier alpha value is -3.52. The molecule has 1 saturated carbocycles. The molecule has 0 saturated heterocycles. The molecule has 14 heteroatoms. The van der Waals surface area contributed by atoms with Crippen LogP contribution in [-0.4, -0.2) is 54.0 Å². The first-order valence-electron chi connectivity index (χ1n) is 11.0. The average molecular weight is 529 g/mol. The van der Waals surface area contributed by atoms with E-state index in [0.29, 0.717) is 18.6 Å². The summed E-state index contributed by atoms with van der Waals surface area (Å²) < 4.78 is 79.9. The molecule has 0 bridgehead atoms. The van der Waals surface area contributed by atoms with Gasteiger partial charge in [-0.3, -0.25) is 9.48 Å². The fourth-order valence-corrected chi connectivity index (χ4v) is 4.19. The van der Waals surface area contributed by atoms with Gasteiger partial charge >= 0.3 is 12.4 Å². The smallest absolute Gasteiger partial charge is 0.390 e. The summed E-state index contributed by atoms with van der Waals surface area (Å²) in [4.78, 5) is 20.9. The third-order valence-electron chi connectivity index (χ3n) is 6.12. The van der Waals surface area contributed by atoms with Crippen LogP contribution in [0.5, 0.6) is 0 Å². The van der Waals surface area contributed by atoms with Crippen LogP contribution in [0.1, 0.15) is 46.1 Å². The summed E-state index contributed by atoms with van der Waals surface area (Å²) in [5.41, 5.74) is -3.39. The van der Waals surface area contributed by atoms with Gasteiger partial charge in [0, 0.05) is 12.4 Å². The van der Waals surface area contributed by atoms with Gasteiger partial charge in [0.15, 0.2) is 0 Å². The molecule has 2 heterocycles. The van der Waals surface area contributed by atoms with E-state index in [0.717, 1.165) is 4.68 Å². The van der Waals surface area contributed by atoms with E-state index in [1.165, 1.54) is 24.8 Å². The van der Waals surface area contributed by atoms with Gasteiger partial charge < -0.3 is 15.5 Å². The number of hydrogen-bond acceptors (Lipinski definition) is 7. The van der Waals surface area contributed by atoms with Crippen LogP contribution in [0.25, 0.3) is 0 Å². The summed E-state index contributed by atoms with van der Waals surface area (Å²) in [5.74, 6) is -0.784. The van der Waals surface area contributed by atoms with E-state index in [1.807, 2.05) is 0 Å². The van der Waals surface area contributed by atoms with E-state index in [9.17, 15) is 41.4 Å². The maximum absolute atomic E-state index is 13.1. The maximum atomic E-state index is 13.1. The van der Waals surface area contributed by atoms with Crippen molar-refractivity contribution >= 4 is 11.6 Å². The number of carbonyl (C=O) groups is 1. The molecule has 2 aromatic heterocycles. The van der Waals surface area contributed by atoms with E-state index < -0.39 is 54.1 Å². The molecule has 1 aliphatic rings. The van der Waals surface area contributed by atoms with Crippen molar-refractivity contribution in [3.63, 3.8) is 0 Å². The Morgan fingerprint density at radius 1 is 1.08 bits per heavy atom. The van der Waals surface area contributed by atoms with Crippen LogP contribution in [0.4, 0.5) is 32.2 Å². The number of hydrogen-bond donors (Lipinski definition) is 3. The zero-order valence-corrected chi connectivity index (χ0v) is 19.1. The lowest BCUT2D eigenvalue weighted by molar-refractivity contribution is -0.143. The molecule has 3 aromatic rings. The molecule has 0 radical (unpaired) electrons. The van der Waals surface area contributed by atoms with Gasteiger partial charge in [0.25, 0.3) is 0 Å². The maximum Gasteiger partial charge on any atom is 0.416 e. The first-order valence-corrected chi connectivity index (χ1v) is 11.0. The minimum atomic E-state index is -4.99. The Bertz CT molecular complexity index is 1260. The molecule has 4 atom stereocenters. The van der Waals surface area contributed by atoms with E-state index >= 15 is 0 Å². The van der Waals surface area contributed by atoms with Crippen molar-refractivity contribution in [2.24, 2.45) is 5.92 Å². The molecule has 1 aromatic carbocycles. The minimum absolute atomic E-state index is 0.0209. The Kier molecular flexibility index (Phi) is 6.99. The highest BCUT2D eigenvalue weighted by Gasteiger charge is 2.40. The Morgan fingerprint density at radius 3 is 2.30 bits per heavy atom. The molecule has 37 heavy (non-hydrogen) atoms. The standard InChI is InChI=1S/C23H21F6N5O3/c1-11-4-17(20(37)18(11)35)32-21-15(8-30-10-31-21)19(36)16-2-3-34(33-16)9-12-5-13(22(24,25)26)7-14(6-12)23(27,28)29/h2-3,5-8,10-11,17-18,20,35,37H,4,9H2,1H3,(H,30,31,32)/t11-,17-,18-,20+/m1/s1. The molecule has 0 aliphatic heterocycles. The van der Waals surface area contributed by atoms with E-state index in [2.05, 4.69) is 20.4 Å². The Morgan fingerprint density at radius 2 is 1.73 bits per heavy atom. The molecule has 0 amide bonds. The highest BCUT2D eigenvalue weighted by molar-refractivity contribution is 6.10. The molecule has 8 nitrogen and oxygen atoms in total. The third-order valence-corrected chi connectivity index (χ3v) is 6.12. The highest BCUT2D eigenvalue weighted by Crippen LogP contribution is 2.36. The molecular weight excluding hydrogens is 508 g/mol. The lowest BCUT2D eigenvalue weighted by Crippen LogP contribution is -2.35. The normalized spacial score (nSPS) is 22.3. The predicted octanol–water partition coefficient (Wildman–Crippen LogP) is 3.53. The summed E-state index contributed by atoms with van der Waals surface area (Å²) in [6, 6.07) is 1.88. The van der Waals surface area contributed by atoms with Crippen LogP contribution >= 0.6 is 0 Å². The number of nitrogens with one attached hydrogen (secondary N) is 1. The van der Waals surface area contributed by atoms with Gasteiger partial charge in [-0.15, -0.1) is 0 Å². The number of nitrogens with zero attached hydrogens (tertiary/aromatic N) is 4. The second-order valence-corrected chi connectivity index (χ2v) is 8.87. The van der Waals surface area contributed by atoms with Gasteiger partial charge in [-0.2, -0.15) is 31.4 Å². The summed E-state index contributed by atoms with van der Waals surface area (Å²) in [6.07, 6.45) is -7.99. The molecule has 198 valence electrons. The van der Waals surface area contributed by atoms with Crippen LogP contribution in [-0.2, 0) is 18.9 Å². The minimum Gasteiger partial charge on any atom is -0.390 e. The van der Waals surface area contributed by atoms with Gasteiger partial charge in [-0.05, 0) is 42.2 Å². The van der Waals surface area contributed by atoms with E-state index in [4.69, 9.17) is 0 Å². The molecule has 4 rings (SSSR count). The van der Waals surface area contributed by atoms with Gasteiger partial charge in [0.1, 0.15) is 23.9 Å². The number of aromatic nitrogens is 4. The summed E-state index contributed by atoms with van der Waals surface area (Å²) in [7, 11) is 0. The monoisotopic (exact) mass is 529 g/mol. The number of benzene rings is 1. The largest absolute Gasteiger partial charge is 0.416 e. The number of aliphatic hydroxyl groups excluding tert-OH is 2. The molecule has 0 unspecified atom stereocenters. The van der Waals surface area contributed by atoms with Gasteiger partial charge in [-0.1, -0.05) is 6.92 Å². The topological polar surface area (TPSA) is 113 Å². The molecule has 0 spiro atoms. The Balaban J connectivity index is 1.57. The second kappa shape index (κ2) is 9.74. The fourth-order valence-electron chi connectivity index (χ4n) is 4.19. The first kappa shape index (κ1) is 26.5. The zero-order chi connectivity index (χ0) is 27.1. The van der Waals surface area contributed by atoms with Crippen molar-refractivity contribution in [1.82, 2.24) is 19.7 Å². The molecular formula is C23H21F6N5O3. The van der Waals surface area contributed by atoms with Crippen molar-refractivity contribution in [3.8, 4) is 0 Å². The van der Waals surface area contributed by atoms with E-state index in [-0.39, 0.29) is 34.6 Å². The summed E-state index contributed by atoms with van der Waals surface area (Å²) in [5, 5.41) is 27.2. The summed E-state index contributed by atoms with van der Waals surface area (Å²) >= 11 is 0. The first-order chi connectivity index (χ1) is 17.2. The van der Waals surface area contributed by atoms with Crippen LogP contribution in [0.15, 0.2) is 43.0 Å². The van der Waals surface area contributed by atoms with Crippen molar-refractivity contribution < 1.29 is 41.4 Å². The second-order valence-electron chi connectivity index (χ2n) is 8.87. The number of alkyl halides is 6. The highest BCUT2D eigenvalue weighted by atomic mass is 19.4. The van der Waals surface area contributed by atoms with Crippen LogP contribution < -0.4 is 5.32 Å². The van der Waals surface area contributed by atoms with Gasteiger partial charge in [0.05, 0.1) is 35.4 Å². The van der Waals surface area contributed by atoms with Crippen molar-refractivity contribution in [1.29, 1.82) is 0 Å². The predicted molar refractivity (Wildman–Crippen MR) is 116 cm³/mol. The third kappa shape index (κ3) is 5.74. The van der Waals surface area contributed by atoms with Crippen LogP contribution in [0, 0.1) is 5.92 Å². The van der Waals surface area contributed by atoms with E-state index in [1.54, 1.807) is 6.92 Å². The lowest BCUT2D eigenvalue weighted by Gasteiger charge is -2.19. The van der Waals surface area contributed by atoms with Gasteiger partial charge in [0.2, 0.25) is 5.78 Å². The number of aliphatic hydroxyl groups is 2. The fraction of sp³-hybridized carbons (Fsp3) is 0.391.